The Labute approximate surface area is 110 Å². The van der Waals surface area contributed by atoms with Gasteiger partial charge in [-0.05, 0) is 25.7 Å². The SMILES string of the molecule is CCC1CCCCN1c1cc(N)nc(C(C)C)n1. The molecule has 0 aliphatic carbocycles. The van der Waals surface area contributed by atoms with Crippen molar-refractivity contribution in [3.63, 3.8) is 0 Å². The van der Waals surface area contributed by atoms with Crippen LogP contribution in [0, 0.1) is 0 Å². The first-order valence-corrected chi connectivity index (χ1v) is 7.03. The maximum absolute atomic E-state index is 5.91. The number of nitrogen functional groups attached to an aromatic ring is 1. The standard InChI is InChI=1S/C14H24N4/c1-4-11-7-5-6-8-18(11)13-9-12(15)16-14(17-13)10(2)3/h9-11H,4-8H2,1-3H3,(H2,15,16,17). The Kier molecular flexibility index (Phi) is 4.04. The summed E-state index contributed by atoms with van der Waals surface area (Å²) in [5.41, 5.74) is 5.91. The highest BCUT2D eigenvalue weighted by Crippen LogP contribution is 2.27. The van der Waals surface area contributed by atoms with E-state index in [1.54, 1.807) is 0 Å². The van der Waals surface area contributed by atoms with E-state index in [9.17, 15) is 0 Å². The third kappa shape index (κ3) is 2.74. The van der Waals surface area contributed by atoms with Gasteiger partial charge in [0.1, 0.15) is 17.5 Å². The van der Waals surface area contributed by atoms with E-state index in [-0.39, 0.29) is 0 Å². The van der Waals surface area contributed by atoms with Crippen LogP contribution >= 0.6 is 0 Å². The van der Waals surface area contributed by atoms with E-state index in [1.165, 1.54) is 25.7 Å². The van der Waals surface area contributed by atoms with Crippen molar-refractivity contribution in [2.24, 2.45) is 0 Å². The van der Waals surface area contributed by atoms with Crippen LogP contribution in [0.2, 0.25) is 0 Å². The van der Waals surface area contributed by atoms with Gasteiger partial charge >= 0.3 is 0 Å². The summed E-state index contributed by atoms with van der Waals surface area (Å²) in [6.07, 6.45) is 5.00. The minimum absolute atomic E-state index is 0.317. The van der Waals surface area contributed by atoms with Gasteiger partial charge in [-0.15, -0.1) is 0 Å². The number of nitrogens with zero attached hydrogens (tertiary/aromatic N) is 3. The van der Waals surface area contributed by atoms with Crippen LogP contribution in [0.3, 0.4) is 0 Å². The van der Waals surface area contributed by atoms with Crippen LogP contribution in [0.4, 0.5) is 11.6 Å². The number of nitrogens with two attached hydrogens (primary N) is 1. The van der Waals surface area contributed by atoms with Gasteiger partial charge in [-0.3, -0.25) is 0 Å². The lowest BCUT2D eigenvalue weighted by Gasteiger charge is -2.36. The third-order valence-corrected chi connectivity index (χ3v) is 3.66. The van der Waals surface area contributed by atoms with Crippen molar-refractivity contribution in [3.8, 4) is 0 Å². The van der Waals surface area contributed by atoms with Crippen LogP contribution in [-0.4, -0.2) is 22.6 Å². The molecule has 1 aliphatic rings. The van der Waals surface area contributed by atoms with E-state index >= 15 is 0 Å². The summed E-state index contributed by atoms with van der Waals surface area (Å²) in [4.78, 5) is 11.4. The van der Waals surface area contributed by atoms with E-state index in [0.717, 1.165) is 18.2 Å². The number of piperidine rings is 1. The highest BCUT2D eigenvalue weighted by molar-refractivity contribution is 5.48. The van der Waals surface area contributed by atoms with E-state index in [1.807, 2.05) is 6.07 Å². The molecule has 0 spiro atoms. The molecule has 0 radical (unpaired) electrons. The molecular formula is C14H24N4. The monoisotopic (exact) mass is 248 g/mol. The van der Waals surface area contributed by atoms with Crippen molar-refractivity contribution in [2.45, 2.75) is 58.4 Å². The van der Waals surface area contributed by atoms with Gasteiger partial charge in [0.05, 0.1) is 0 Å². The van der Waals surface area contributed by atoms with Crippen LogP contribution in [0.1, 0.15) is 58.2 Å². The Hall–Kier alpha value is -1.32. The number of anilines is 2. The van der Waals surface area contributed by atoms with Crippen LogP contribution in [0.5, 0.6) is 0 Å². The zero-order chi connectivity index (χ0) is 13.1. The van der Waals surface area contributed by atoms with Crippen molar-refractivity contribution in [2.75, 3.05) is 17.2 Å². The molecule has 0 saturated carbocycles. The van der Waals surface area contributed by atoms with Crippen molar-refractivity contribution < 1.29 is 0 Å². The second-order valence-electron chi connectivity index (χ2n) is 5.42. The summed E-state index contributed by atoms with van der Waals surface area (Å²) in [6.45, 7) is 7.54. The largest absolute Gasteiger partial charge is 0.384 e. The van der Waals surface area contributed by atoms with Crippen molar-refractivity contribution in [1.29, 1.82) is 0 Å². The molecule has 4 heteroatoms. The van der Waals surface area contributed by atoms with Gasteiger partial charge in [-0.2, -0.15) is 0 Å². The number of hydrogen-bond acceptors (Lipinski definition) is 4. The molecular weight excluding hydrogens is 224 g/mol. The smallest absolute Gasteiger partial charge is 0.135 e. The molecule has 2 rings (SSSR count). The maximum atomic E-state index is 5.91. The Morgan fingerprint density at radius 2 is 2.17 bits per heavy atom. The molecule has 0 amide bonds. The van der Waals surface area contributed by atoms with E-state index in [2.05, 4.69) is 35.6 Å². The zero-order valence-electron chi connectivity index (χ0n) is 11.7. The van der Waals surface area contributed by atoms with Gasteiger partial charge in [0, 0.05) is 24.6 Å². The minimum Gasteiger partial charge on any atom is -0.384 e. The van der Waals surface area contributed by atoms with E-state index in [4.69, 9.17) is 5.73 Å². The first-order valence-electron chi connectivity index (χ1n) is 7.03. The lowest BCUT2D eigenvalue weighted by molar-refractivity contribution is 0.446. The summed E-state index contributed by atoms with van der Waals surface area (Å²) < 4.78 is 0. The maximum Gasteiger partial charge on any atom is 0.135 e. The van der Waals surface area contributed by atoms with Crippen LogP contribution in [0.15, 0.2) is 6.07 Å². The molecule has 0 aromatic carbocycles. The Bertz CT molecular complexity index is 403. The molecule has 18 heavy (non-hydrogen) atoms. The molecule has 4 nitrogen and oxygen atoms in total. The molecule has 2 heterocycles. The fourth-order valence-electron chi connectivity index (χ4n) is 2.60. The fraction of sp³-hybridized carbons (Fsp3) is 0.714. The second-order valence-corrected chi connectivity index (χ2v) is 5.42. The minimum atomic E-state index is 0.317. The third-order valence-electron chi connectivity index (χ3n) is 3.66. The van der Waals surface area contributed by atoms with E-state index < -0.39 is 0 Å². The second kappa shape index (κ2) is 5.55. The average Bonchev–Trinajstić information content (AvgIpc) is 2.38. The molecule has 2 N–H and O–H groups in total. The molecule has 1 fully saturated rings. The molecule has 0 bridgehead atoms. The van der Waals surface area contributed by atoms with Gasteiger partial charge in [-0.1, -0.05) is 20.8 Å². The van der Waals surface area contributed by atoms with Crippen LogP contribution in [0.25, 0.3) is 0 Å². The van der Waals surface area contributed by atoms with E-state index in [0.29, 0.717) is 17.8 Å². The summed E-state index contributed by atoms with van der Waals surface area (Å²) in [5.74, 6) is 2.77. The Balaban J connectivity index is 2.30. The van der Waals surface area contributed by atoms with Crippen molar-refractivity contribution in [1.82, 2.24) is 9.97 Å². The van der Waals surface area contributed by atoms with Crippen molar-refractivity contribution in [3.05, 3.63) is 11.9 Å². The Morgan fingerprint density at radius 1 is 1.39 bits per heavy atom. The van der Waals surface area contributed by atoms with Crippen LogP contribution in [-0.2, 0) is 0 Å². The number of hydrogen-bond donors (Lipinski definition) is 1. The summed E-state index contributed by atoms with van der Waals surface area (Å²) in [7, 11) is 0. The van der Waals surface area contributed by atoms with Crippen molar-refractivity contribution >= 4 is 11.6 Å². The first kappa shape index (κ1) is 13.1. The quantitative estimate of drug-likeness (QED) is 0.893. The molecule has 1 aromatic heterocycles. The topological polar surface area (TPSA) is 55.0 Å². The van der Waals surface area contributed by atoms with Gasteiger partial charge in [0.15, 0.2) is 0 Å². The lowest BCUT2D eigenvalue weighted by atomic mass is 10.00. The van der Waals surface area contributed by atoms with Crippen LogP contribution < -0.4 is 10.6 Å². The molecule has 1 atom stereocenters. The summed E-state index contributed by atoms with van der Waals surface area (Å²) >= 11 is 0. The van der Waals surface area contributed by atoms with Gasteiger partial charge < -0.3 is 10.6 Å². The first-order chi connectivity index (χ1) is 8.61. The normalized spacial score (nSPS) is 20.4. The average molecular weight is 248 g/mol. The fourth-order valence-corrected chi connectivity index (χ4v) is 2.60. The zero-order valence-corrected chi connectivity index (χ0v) is 11.7. The van der Waals surface area contributed by atoms with Gasteiger partial charge in [0.25, 0.3) is 0 Å². The molecule has 1 saturated heterocycles. The summed E-state index contributed by atoms with van der Waals surface area (Å²) in [5, 5.41) is 0. The Morgan fingerprint density at radius 3 is 2.83 bits per heavy atom. The predicted octanol–water partition coefficient (Wildman–Crippen LogP) is 2.95. The molecule has 100 valence electrons. The van der Waals surface area contributed by atoms with Gasteiger partial charge in [0.2, 0.25) is 0 Å². The number of rotatable bonds is 3. The number of aromatic nitrogens is 2. The molecule has 1 aliphatic heterocycles. The lowest BCUT2D eigenvalue weighted by Crippen LogP contribution is -2.39. The highest BCUT2D eigenvalue weighted by Gasteiger charge is 2.23. The highest BCUT2D eigenvalue weighted by atomic mass is 15.2. The summed E-state index contributed by atoms with van der Waals surface area (Å²) in [6, 6.07) is 2.52. The molecule has 1 aromatic rings. The van der Waals surface area contributed by atoms with Gasteiger partial charge in [-0.25, -0.2) is 9.97 Å². The molecule has 1 unspecified atom stereocenters. The predicted molar refractivity (Wildman–Crippen MR) is 75.8 cm³/mol.